The van der Waals surface area contributed by atoms with Gasteiger partial charge in [0.25, 0.3) is 0 Å². The molecule has 0 N–H and O–H groups in total. The molecule has 5 heteroatoms. The number of carbonyl (C=O) groups is 1. The molecule has 0 bridgehead atoms. The third kappa shape index (κ3) is 5.48. The highest BCUT2D eigenvalue weighted by Gasteiger charge is 2.36. The molecule has 0 aromatic rings. The zero-order valence-corrected chi connectivity index (χ0v) is 13.3. The van der Waals surface area contributed by atoms with Crippen LogP contribution in [0.5, 0.6) is 0 Å². The Balaban J connectivity index is 2.53. The van der Waals surface area contributed by atoms with E-state index in [9.17, 15) is 4.79 Å². The third-order valence-corrected chi connectivity index (χ3v) is 3.54. The monoisotopic (exact) mass is 288 g/mol. The van der Waals surface area contributed by atoms with Gasteiger partial charge in [-0.1, -0.05) is 6.92 Å². The van der Waals surface area contributed by atoms with Crippen LogP contribution in [-0.4, -0.2) is 43.8 Å². The highest BCUT2D eigenvalue weighted by Crippen LogP contribution is 2.28. The smallest absolute Gasteiger partial charge is 0.155 e. The van der Waals surface area contributed by atoms with Crippen LogP contribution in [0.4, 0.5) is 0 Å². The lowest BCUT2D eigenvalue weighted by Gasteiger charge is -2.35. The maximum Gasteiger partial charge on any atom is 0.155 e. The molecule has 1 saturated carbocycles. The lowest BCUT2D eigenvalue weighted by Crippen LogP contribution is -2.43. The summed E-state index contributed by atoms with van der Waals surface area (Å²) in [5.74, 6) is 0.0683. The average molecular weight is 288 g/mol. The first-order valence-corrected chi connectivity index (χ1v) is 7.54. The summed E-state index contributed by atoms with van der Waals surface area (Å²) < 4.78 is 22.3. The van der Waals surface area contributed by atoms with Crippen molar-refractivity contribution >= 4 is 5.78 Å². The van der Waals surface area contributed by atoms with Crippen LogP contribution in [0.3, 0.4) is 0 Å². The van der Waals surface area contributed by atoms with Crippen molar-refractivity contribution in [1.29, 1.82) is 0 Å². The quantitative estimate of drug-likeness (QED) is 0.642. The van der Waals surface area contributed by atoms with Crippen molar-refractivity contribution in [2.24, 2.45) is 5.92 Å². The number of ketones is 1. The molecule has 0 spiro atoms. The van der Waals surface area contributed by atoms with Crippen LogP contribution >= 0.6 is 0 Å². The minimum absolute atomic E-state index is 0.111. The zero-order chi connectivity index (χ0) is 15.1. The highest BCUT2D eigenvalue weighted by molar-refractivity contribution is 5.82. The summed E-state index contributed by atoms with van der Waals surface area (Å²) in [4.78, 5) is 12.1. The third-order valence-electron chi connectivity index (χ3n) is 3.54. The van der Waals surface area contributed by atoms with E-state index in [-0.39, 0.29) is 36.5 Å². The molecular formula is C15H28O5. The van der Waals surface area contributed by atoms with Gasteiger partial charge in [0.15, 0.2) is 12.6 Å². The van der Waals surface area contributed by atoms with E-state index in [0.29, 0.717) is 26.1 Å². The maximum atomic E-state index is 12.1. The summed E-state index contributed by atoms with van der Waals surface area (Å²) in [7, 11) is 0. The van der Waals surface area contributed by atoms with Gasteiger partial charge in [-0.05, 0) is 27.7 Å². The van der Waals surface area contributed by atoms with Gasteiger partial charge in [-0.3, -0.25) is 4.79 Å². The van der Waals surface area contributed by atoms with Crippen LogP contribution in [0.1, 0.15) is 47.5 Å². The van der Waals surface area contributed by atoms with Crippen molar-refractivity contribution in [1.82, 2.24) is 0 Å². The number of hydrogen-bond acceptors (Lipinski definition) is 5. The Morgan fingerprint density at radius 2 is 1.65 bits per heavy atom. The molecule has 0 radical (unpaired) electrons. The van der Waals surface area contributed by atoms with E-state index in [2.05, 4.69) is 0 Å². The molecular weight excluding hydrogens is 260 g/mol. The van der Waals surface area contributed by atoms with Crippen LogP contribution in [0.2, 0.25) is 0 Å². The lowest BCUT2D eigenvalue weighted by atomic mass is 9.84. The first-order chi connectivity index (χ1) is 9.47. The molecule has 0 heterocycles. The van der Waals surface area contributed by atoms with E-state index < -0.39 is 0 Å². The van der Waals surface area contributed by atoms with Gasteiger partial charge in [-0.15, -0.1) is 0 Å². The molecule has 118 valence electrons. The molecule has 1 aliphatic carbocycles. The van der Waals surface area contributed by atoms with Gasteiger partial charge < -0.3 is 18.9 Å². The molecule has 0 aliphatic heterocycles. The van der Waals surface area contributed by atoms with Crippen LogP contribution in [0.15, 0.2) is 0 Å². The predicted molar refractivity (Wildman–Crippen MR) is 75.3 cm³/mol. The Hall–Kier alpha value is -0.490. The summed E-state index contributed by atoms with van der Waals surface area (Å²) in [6, 6.07) is 0. The predicted octanol–water partition coefficient (Wildman–Crippen LogP) is 2.52. The van der Waals surface area contributed by atoms with Gasteiger partial charge in [0.05, 0.1) is 12.2 Å². The fourth-order valence-corrected chi connectivity index (χ4v) is 2.51. The molecule has 1 aliphatic rings. The molecule has 0 saturated heterocycles. The van der Waals surface area contributed by atoms with E-state index >= 15 is 0 Å². The second-order valence-corrected chi connectivity index (χ2v) is 5.17. The van der Waals surface area contributed by atoms with Gasteiger partial charge in [-0.25, -0.2) is 0 Å². The van der Waals surface area contributed by atoms with Gasteiger partial charge >= 0.3 is 0 Å². The summed E-state index contributed by atoms with van der Waals surface area (Å²) in [6.07, 6.45) is 0.235. The normalized spacial score (nSPS) is 30.2. The fraction of sp³-hybridized carbons (Fsp3) is 0.933. The Morgan fingerprint density at radius 3 is 2.20 bits per heavy atom. The molecule has 1 rings (SSSR count). The summed E-state index contributed by atoms with van der Waals surface area (Å²) >= 11 is 0. The minimum atomic E-state index is -0.302. The molecule has 5 nitrogen and oxygen atoms in total. The topological polar surface area (TPSA) is 54.0 Å². The van der Waals surface area contributed by atoms with Crippen molar-refractivity contribution in [2.45, 2.75) is 72.2 Å². The fourth-order valence-electron chi connectivity index (χ4n) is 2.51. The molecule has 0 amide bonds. The number of carbonyl (C=O) groups excluding carboxylic acids is 1. The lowest BCUT2D eigenvalue weighted by molar-refractivity contribution is -0.207. The molecule has 3 unspecified atom stereocenters. The first-order valence-electron chi connectivity index (χ1n) is 7.54. The van der Waals surface area contributed by atoms with E-state index in [1.807, 2.05) is 34.6 Å². The van der Waals surface area contributed by atoms with E-state index in [0.717, 1.165) is 0 Å². The van der Waals surface area contributed by atoms with E-state index in [4.69, 9.17) is 18.9 Å². The summed E-state index contributed by atoms with van der Waals surface area (Å²) in [6.45, 7) is 10.7. The van der Waals surface area contributed by atoms with Crippen LogP contribution in [-0.2, 0) is 23.7 Å². The van der Waals surface area contributed by atoms with Crippen molar-refractivity contribution in [3.8, 4) is 0 Å². The average Bonchev–Trinajstić information content (AvgIpc) is 2.35. The SMILES string of the molecule is CCOC(C)O[C@@H]1CC(=O)C(C)[C@@H](OC(C)OCC)C1. The number of hydrogen-bond donors (Lipinski definition) is 0. The minimum Gasteiger partial charge on any atom is -0.353 e. The molecule has 20 heavy (non-hydrogen) atoms. The molecule has 0 aromatic carbocycles. The second-order valence-electron chi connectivity index (χ2n) is 5.17. The van der Waals surface area contributed by atoms with E-state index in [1.54, 1.807) is 0 Å². The van der Waals surface area contributed by atoms with Crippen molar-refractivity contribution < 1.29 is 23.7 Å². The van der Waals surface area contributed by atoms with Gasteiger partial charge in [0.1, 0.15) is 5.78 Å². The molecule has 5 atom stereocenters. The Morgan fingerprint density at radius 1 is 1.10 bits per heavy atom. The second kappa shape index (κ2) is 8.72. The van der Waals surface area contributed by atoms with Gasteiger partial charge in [0, 0.05) is 32.0 Å². The first kappa shape index (κ1) is 17.6. The van der Waals surface area contributed by atoms with Crippen LogP contribution in [0, 0.1) is 5.92 Å². The van der Waals surface area contributed by atoms with Crippen molar-refractivity contribution in [3.05, 3.63) is 0 Å². The Bertz CT molecular complexity index is 294. The van der Waals surface area contributed by atoms with Gasteiger partial charge in [0.2, 0.25) is 0 Å². The van der Waals surface area contributed by atoms with Crippen LogP contribution in [0.25, 0.3) is 0 Å². The zero-order valence-electron chi connectivity index (χ0n) is 13.3. The Kier molecular flexibility index (Phi) is 7.66. The van der Waals surface area contributed by atoms with Crippen LogP contribution < -0.4 is 0 Å². The maximum absolute atomic E-state index is 12.1. The highest BCUT2D eigenvalue weighted by atomic mass is 16.7. The van der Waals surface area contributed by atoms with E-state index in [1.165, 1.54) is 0 Å². The largest absolute Gasteiger partial charge is 0.353 e. The molecule has 1 fully saturated rings. The van der Waals surface area contributed by atoms with Crippen molar-refractivity contribution in [3.63, 3.8) is 0 Å². The summed E-state index contributed by atoms with van der Waals surface area (Å²) in [5, 5.41) is 0. The summed E-state index contributed by atoms with van der Waals surface area (Å²) in [5.41, 5.74) is 0. The van der Waals surface area contributed by atoms with Crippen molar-refractivity contribution in [2.75, 3.05) is 13.2 Å². The number of Topliss-reactive ketones (excluding diaryl/α,β-unsaturated/α-hetero) is 1. The number of rotatable bonds is 8. The van der Waals surface area contributed by atoms with Gasteiger partial charge in [-0.2, -0.15) is 0 Å². The number of ether oxygens (including phenoxy) is 4. The standard InChI is InChI=1S/C15H28O5/c1-6-17-11(4)19-13-8-14(16)10(3)15(9-13)20-12(5)18-7-2/h10-13,15H,6-9H2,1-5H3/t10?,11?,12?,13-,15+/m1/s1. The Labute approximate surface area is 121 Å². The molecule has 0 aromatic heterocycles.